The number of alkyl carbamates (subject to hydrolysis) is 1. The molecule has 0 unspecified atom stereocenters. The Kier molecular flexibility index (Phi) is 6.73. The number of nitro groups is 1. The molecule has 2 aromatic carbocycles. The summed E-state index contributed by atoms with van der Waals surface area (Å²) >= 11 is 0. The Labute approximate surface area is 139 Å². The third-order valence-corrected chi connectivity index (χ3v) is 3.29. The summed E-state index contributed by atoms with van der Waals surface area (Å²) in [5.74, 6) is 0. The molecule has 2 rings (SSSR count). The van der Waals surface area contributed by atoms with Gasteiger partial charge in [0.15, 0.2) is 0 Å². The second kappa shape index (κ2) is 9.26. The van der Waals surface area contributed by atoms with Crippen molar-refractivity contribution in [3.63, 3.8) is 0 Å². The summed E-state index contributed by atoms with van der Waals surface area (Å²) in [7, 11) is 0. The fourth-order valence-electron chi connectivity index (χ4n) is 2.09. The molecular formula is C17H19N3O4. The van der Waals surface area contributed by atoms with Crippen LogP contribution in [0.1, 0.15) is 11.1 Å². The molecule has 0 atom stereocenters. The van der Waals surface area contributed by atoms with Crippen molar-refractivity contribution in [3.8, 4) is 0 Å². The lowest BCUT2D eigenvalue weighted by molar-refractivity contribution is -0.385. The number of hydrogen-bond acceptors (Lipinski definition) is 5. The number of nitro benzene ring substituents is 1. The van der Waals surface area contributed by atoms with Crippen LogP contribution in [0.5, 0.6) is 0 Å². The Bertz CT molecular complexity index is 677. The van der Waals surface area contributed by atoms with E-state index in [9.17, 15) is 14.9 Å². The minimum Gasteiger partial charge on any atom is -0.445 e. The van der Waals surface area contributed by atoms with Crippen LogP contribution in [0.15, 0.2) is 54.6 Å². The van der Waals surface area contributed by atoms with Gasteiger partial charge in [-0.3, -0.25) is 10.1 Å². The van der Waals surface area contributed by atoms with Gasteiger partial charge in [0.05, 0.1) is 4.92 Å². The van der Waals surface area contributed by atoms with Crippen LogP contribution < -0.4 is 10.6 Å². The molecule has 0 saturated heterocycles. The summed E-state index contributed by atoms with van der Waals surface area (Å²) in [6.07, 6.45) is -0.494. The largest absolute Gasteiger partial charge is 0.445 e. The van der Waals surface area contributed by atoms with Gasteiger partial charge in [-0.15, -0.1) is 0 Å². The van der Waals surface area contributed by atoms with Crippen molar-refractivity contribution in [2.75, 3.05) is 13.1 Å². The molecule has 0 aliphatic heterocycles. The normalized spacial score (nSPS) is 10.2. The smallest absolute Gasteiger partial charge is 0.407 e. The number of para-hydroxylation sites is 1. The number of hydrogen-bond donors (Lipinski definition) is 2. The number of ether oxygens (including phenoxy) is 1. The van der Waals surface area contributed by atoms with Crippen molar-refractivity contribution in [1.29, 1.82) is 0 Å². The van der Waals surface area contributed by atoms with Gasteiger partial charge in [-0.1, -0.05) is 48.5 Å². The minimum atomic E-state index is -0.494. The highest BCUT2D eigenvalue weighted by atomic mass is 16.6. The highest BCUT2D eigenvalue weighted by Crippen LogP contribution is 2.16. The molecule has 0 spiro atoms. The van der Waals surface area contributed by atoms with E-state index in [1.165, 1.54) is 6.07 Å². The molecule has 126 valence electrons. The number of benzene rings is 2. The SMILES string of the molecule is O=C(NCCNCc1ccccc1[N+](=O)[O-])OCc1ccccc1. The molecule has 2 aromatic rings. The average molecular weight is 329 g/mol. The monoisotopic (exact) mass is 329 g/mol. The Balaban J connectivity index is 1.63. The van der Waals surface area contributed by atoms with E-state index in [0.29, 0.717) is 25.2 Å². The lowest BCUT2D eigenvalue weighted by Gasteiger charge is -2.08. The van der Waals surface area contributed by atoms with E-state index >= 15 is 0 Å². The first-order valence-corrected chi connectivity index (χ1v) is 7.54. The maximum atomic E-state index is 11.5. The summed E-state index contributed by atoms with van der Waals surface area (Å²) in [5.41, 5.74) is 1.61. The lowest BCUT2D eigenvalue weighted by Crippen LogP contribution is -2.32. The van der Waals surface area contributed by atoms with Gasteiger partial charge in [0.2, 0.25) is 0 Å². The van der Waals surface area contributed by atoms with E-state index in [-0.39, 0.29) is 12.3 Å². The molecule has 0 heterocycles. The van der Waals surface area contributed by atoms with E-state index in [1.807, 2.05) is 30.3 Å². The van der Waals surface area contributed by atoms with Crippen LogP contribution in [-0.2, 0) is 17.9 Å². The summed E-state index contributed by atoms with van der Waals surface area (Å²) in [6, 6.07) is 16.0. The number of nitrogens with zero attached hydrogens (tertiary/aromatic N) is 1. The van der Waals surface area contributed by atoms with Crippen LogP contribution in [0.2, 0.25) is 0 Å². The van der Waals surface area contributed by atoms with Gasteiger partial charge < -0.3 is 15.4 Å². The van der Waals surface area contributed by atoms with Crippen LogP contribution in [-0.4, -0.2) is 24.1 Å². The predicted molar refractivity (Wildman–Crippen MR) is 89.4 cm³/mol. The van der Waals surface area contributed by atoms with Crippen molar-refractivity contribution in [3.05, 3.63) is 75.8 Å². The Hall–Kier alpha value is -2.93. The van der Waals surface area contributed by atoms with Crippen LogP contribution in [0.4, 0.5) is 10.5 Å². The molecule has 1 amide bonds. The molecule has 0 radical (unpaired) electrons. The van der Waals surface area contributed by atoms with Crippen molar-refractivity contribution >= 4 is 11.8 Å². The second-order valence-electron chi connectivity index (χ2n) is 5.05. The molecule has 7 nitrogen and oxygen atoms in total. The van der Waals surface area contributed by atoms with Crippen LogP contribution in [0.25, 0.3) is 0 Å². The lowest BCUT2D eigenvalue weighted by atomic mass is 10.2. The van der Waals surface area contributed by atoms with Crippen molar-refractivity contribution < 1.29 is 14.5 Å². The van der Waals surface area contributed by atoms with Crippen molar-refractivity contribution in [2.45, 2.75) is 13.2 Å². The first-order chi connectivity index (χ1) is 11.7. The predicted octanol–water partition coefficient (Wildman–Crippen LogP) is 2.61. The zero-order valence-corrected chi connectivity index (χ0v) is 13.1. The van der Waals surface area contributed by atoms with Gasteiger partial charge in [0, 0.05) is 31.3 Å². The maximum Gasteiger partial charge on any atom is 0.407 e. The number of nitrogens with one attached hydrogen (secondary N) is 2. The molecule has 24 heavy (non-hydrogen) atoms. The molecule has 0 bridgehead atoms. The molecule has 7 heteroatoms. The van der Waals surface area contributed by atoms with Gasteiger partial charge in [0.25, 0.3) is 5.69 Å². The summed E-state index contributed by atoms with van der Waals surface area (Å²) < 4.78 is 5.08. The Morgan fingerprint density at radius 1 is 1.04 bits per heavy atom. The van der Waals surface area contributed by atoms with Crippen LogP contribution in [0.3, 0.4) is 0 Å². The Morgan fingerprint density at radius 2 is 1.75 bits per heavy atom. The molecular weight excluding hydrogens is 310 g/mol. The number of rotatable bonds is 8. The van der Waals surface area contributed by atoms with E-state index < -0.39 is 11.0 Å². The average Bonchev–Trinajstić information content (AvgIpc) is 2.61. The quantitative estimate of drug-likeness (QED) is 0.441. The molecule has 0 aromatic heterocycles. The highest BCUT2D eigenvalue weighted by Gasteiger charge is 2.11. The van der Waals surface area contributed by atoms with E-state index in [1.54, 1.807) is 18.2 Å². The van der Waals surface area contributed by atoms with Gasteiger partial charge in [-0.25, -0.2) is 4.79 Å². The van der Waals surface area contributed by atoms with Gasteiger partial charge >= 0.3 is 6.09 Å². The number of amides is 1. The third-order valence-electron chi connectivity index (χ3n) is 3.29. The van der Waals surface area contributed by atoms with Crippen molar-refractivity contribution in [1.82, 2.24) is 10.6 Å². The molecule has 0 fully saturated rings. The van der Waals surface area contributed by atoms with E-state index in [2.05, 4.69) is 10.6 Å². The summed E-state index contributed by atoms with van der Waals surface area (Å²) in [6.45, 7) is 1.43. The van der Waals surface area contributed by atoms with Gasteiger partial charge in [0.1, 0.15) is 6.61 Å². The molecule has 0 saturated carbocycles. The number of carbonyl (C=O) groups excluding carboxylic acids is 1. The number of carbonyl (C=O) groups is 1. The fourth-order valence-corrected chi connectivity index (χ4v) is 2.09. The zero-order chi connectivity index (χ0) is 17.2. The Morgan fingerprint density at radius 3 is 2.50 bits per heavy atom. The molecule has 0 aliphatic carbocycles. The first kappa shape index (κ1) is 17.4. The van der Waals surface area contributed by atoms with E-state index in [4.69, 9.17) is 4.74 Å². The summed E-state index contributed by atoms with van der Waals surface area (Å²) in [5, 5.41) is 16.6. The van der Waals surface area contributed by atoms with Crippen molar-refractivity contribution in [2.24, 2.45) is 0 Å². The minimum absolute atomic E-state index is 0.0835. The maximum absolute atomic E-state index is 11.5. The molecule has 2 N–H and O–H groups in total. The van der Waals surface area contributed by atoms with E-state index in [0.717, 1.165) is 5.56 Å². The van der Waals surface area contributed by atoms with Gasteiger partial charge in [-0.05, 0) is 5.56 Å². The zero-order valence-electron chi connectivity index (χ0n) is 13.1. The second-order valence-corrected chi connectivity index (χ2v) is 5.05. The molecule has 0 aliphatic rings. The van der Waals surface area contributed by atoms with Crippen LogP contribution in [0, 0.1) is 10.1 Å². The van der Waals surface area contributed by atoms with Crippen LogP contribution >= 0.6 is 0 Å². The fraction of sp³-hybridized carbons (Fsp3) is 0.235. The standard InChI is InChI=1S/C17H19N3O4/c21-17(24-13-14-6-2-1-3-7-14)19-11-10-18-12-15-8-4-5-9-16(15)20(22)23/h1-9,18H,10-13H2,(H,19,21). The highest BCUT2D eigenvalue weighted by molar-refractivity contribution is 5.67. The third kappa shape index (κ3) is 5.69. The summed E-state index contributed by atoms with van der Waals surface area (Å²) in [4.78, 5) is 22.0. The first-order valence-electron chi connectivity index (χ1n) is 7.54. The topological polar surface area (TPSA) is 93.5 Å². The van der Waals surface area contributed by atoms with Gasteiger partial charge in [-0.2, -0.15) is 0 Å².